The Morgan fingerprint density at radius 1 is 1.24 bits per heavy atom. The van der Waals surface area contributed by atoms with Gasteiger partial charge in [-0.2, -0.15) is 0 Å². The molecule has 0 fully saturated rings. The number of nitrogens with zero attached hydrogens (tertiary/aromatic N) is 2. The summed E-state index contributed by atoms with van der Waals surface area (Å²) in [6.07, 6.45) is 3.13. The summed E-state index contributed by atoms with van der Waals surface area (Å²) < 4.78 is 17.8. The summed E-state index contributed by atoms with van der Waals surface area (Å²) in [5, 5.41) is 16.7. The van der Waals surface area contributed by atoms with Crippen molar-refractivity contribution in [3.8, 4) is 17.0 Å². The van der Waals surface area contributed by atoms with Gasteiger partial charge in [-0.3, -0.25) is 0 Å². The van der Waals surface area contributed by atoms with E-state index in [0.717, 1.165) is 11.6 Å². The van der Waals surface area contributed by atoms with Crippen LogP contribution in [0.4, 0.5) is 10.2 Å². The van der Waals surface area contributed by atoms with Gasteiger partial charge in [-0.1, -0.05) is 11.2 Å². The first-order chi connectivity index (χ1) is 10.2. The summed E-state index contributed by atoms with van der Waals surface area (Å²) in [4.78, 5) is 4.25. The molecular formula is C15H12FN3O2. The fourth-order valence-electron chi connectivity index (χ4n) is 1.97. The molecule has 0 bridgehead atoms. The molecule has 21 heavy (non-hydrogen) atoms. The van der Waals surface area contributed by atoms with Crippen LogP contribution in [-0.2, 0) is 6.54 Å². The van der Waals surface area contributed by atoms with E-state index in [0.29, 0.717) is 23.6 Å². The number of phenols is 1. The van der Waals surface area contributed by atoms with Crippen molar-refractivity contribution in [3.05, 3.63) is 60.2 Å². The molecule has 0 saturated heterocycles. The lowest BCUT2D eigenvalue weighted by atomic mass is 10.1. The molecule has 106 valence electrons. The lowest BCUT2D eigenvalue weighted by molar-refractivity contribution is 0.422. The van der Waals surface area contributed by atoms with E-state index < -0.39 is 5.82 Å². The summed E-state index contributed by atoms with van der Waals surface area (Å²) in [6.45, 7) is 0.313. The number of phenolic OH excluding ortho intramolecular Hbond substituents is 1. The first-order valence-electron chi connectivity index (χ1n) is 6.31. The zero-order valence-corrected chi connectivity index (χ0v) is 11.0. The van der Waals surface area contributed by atoms with E-state index in [9.17, 15) is 9.50 Å². The van der Waals surface area contributed by atoms with Gasteiger partial charge in [-0.05, 0) is 18.2 Å². The highest BCUT2D eigenvalue weighted by Gasteiger charge is 2.09. The second-order valence-corrected chi connectivity index (χ2v) is 4.41. The van der Waals surface area contributed by atoms with E-state index in [1.807, 2.05) is 6.07 Å². The minimum atomic E-state index is -0.475. The maximum Gasteiger partial charge on any atom is 0.135 e. The van der Waals surface area contributed by atoms with Gasteiger partial charge in [0.05, 0.1) is 0 Å². The molecule has 0 unspecified atom stereocenters. The molecule has 0 saturated carbocycles. The maximum atomic E-state index is 12.9. The van der Waals surface area contributed by atoms with Gasteiger partial charge in [0.15, 0.2) is 0 Å². The second-order valence-electron chi connectivity index (χ2n) is 4.41. The van der Waals surface area contributed by atoms with Gasteiger partial charge >= 0.3 is 0 Å². The number of anilines is 1. The molecule has 0 aliphatic heterocycles. The van der Waals surface area contributed by atoms with E-state index in [2.05, 4.69) is 15.5 Å². The fourth-order valence-corrected chi connectivity index (χ4v) is 1.97. The summed E-state index contributed by atoms with van der Waals surface area (Å²) in [5.74, 6) is 0.0360. The van der Waals surface area contributed by atoms with Gasteiger partial charge in [0.1, 0.15) is 29.3 Å². The SMILES string of the molecule is Oc1cc(F)ccc1CNc1ncccc1-c1ccon1. The molecule has 0 radical (unpaired) electrons. The van der Waals surface area contributed by atoms with Crippen molar-refractivity contribution in [2.75, 3.05) is 5.32 Å². The molecular weight excluding hydrogens is 273 g/mol. The number of nitrogens with one attached hydrogen (secondary N) is 1. The van der Waals surface area contributed by atoms with Crippen molar-refractivity contribution in [1.29, 1.82) is 0 Å². The number of aromatic nitrogens is 2. The van der Waals surface area contributed by atoms with Gasteiger partial charge in [-0.25, -0.2) is 9.37 Å². The van der Waals surface area contributed by atoms with Gasteiger partial charge in [0.25, 0.3) is 0 Å². The Labute approximate surface area is 120 Å². The maximum absolute atomic E-state index is 12.9. The number of rotatable bonds is 4. The summed E-state index contributed by atoms with van der Waals surface area (Å²) >= 11 is 0. The molecule has 6 heteroatoms. The van der Waals surface area contributed by atoms with E-state index in [-0.39, 0.29) is 5.75 Å². The van der Waals surface area contributed by atoms with Gasteiger partial charge in [0, 0.05) is 36.0 Å². The molecule has 2 N–H and O–H groups in total. The molecule has 2 heterocycles. The van der Waals surface area contributed by atoms with Crippen molar-refractivity contribution in [3.63, 3.8) is 0 Å². The van der Waals surface area contributed by atoms with Crippen molar-refractivity contribution < 1.29 is 14.0 Å². The molecule has 0 aliphatic rings. The Morgan fingerprint density at radius 3 is 2.90 bits per heavy atom. The van der Waals surface area contributed by atoms with Crippen LogP contribution in [-0.4, -0.2) is 15.2 Å². The van der Waals surface area contributed by atoms with Crippen LogP contribution in [0.2, 0.25) is 0 Å². The zero-order chi connectivity index (χ0) is 14.7. The number of hydrogen-bond acceptors (Lipinski definition) is 5. The number of pyridine rings is 1. The van der Waals surface area contributed by atoms with Gasteiger partial charge in [0.2, 0.25) is 0 Å². The summed E-state index contributed by atoms with van der Waals surface area (Å²) in [7, 11) is 0. The predicted octanol–water partition coefficient (Wildman–Crippen LogP) is 3.19. The highest BCUT2D eigenvalue weighted by Crippen LogP contribution is 2.25. The predicted molar refractivity (Wildman–Crippen MR) is 75.1 cm³/mol. The molecule has 1 aromatic carbocycles. The topological polar surface area (TPSA) is 71.2 Å². The molecule has 0 spiro atoms. The smallest absolute Gasteiger partial charge is 0.135 e. The Bertz CT molecular complexity index is 744. The first kappa shape index (κ1) is 13.1. The van der Waals surface area contributed by atoms with Crippen molar-refractivity contribution in [1.82, 2.24) is 10.1 Å². The van der Waals surface area contributed by atoms with E-state index in [4.69, 9.17) is 4.52 Å². The fraction of sp³-hybridized carbons (Fsp3) is 0.0667. The number of halogens is 1. The molecule has 3 rings (SSSR count). The molecule has 0 atom stereocenters. The van der Waals surface area contributed by atoms with E-state index in [1.54, 1.807) is 18.3 Å². The number of aromatic hydroxyl groups is 1. The monoisotopic (exact) mass is 285 g/mol. The lowest BCUT2D eigenvalue weighted by Gasteiger charge is -2.10. The summed E-state index contributed by atoms with van der Waals surface area (Å²) in [5.41, 5.74) is 2.02. The molecule has 3 aromatic rings. The molecule has 0 amide bonds. The molecule has 2 aromatic heterocycles. The minimum Gasteiger partial charge on any atom is -0.507 e. The van der Waals surface area contributed by atoms with E-state index >= 15 is 0 Å². The average Bonchev–Trinajstić information content (AvgIpc) is 3.01. The second kappa shape index (κ2) is 5.62. The van der Waals surface area contributed by atoms with Crippen molar-refractivity contribution in [2.24, 2.45) is 0 Å². The van der Waals surface area contributed by atoms with Crippen molar-refractivity contribution in [2.45, 2.75) is 6.54 Å². The largest absolute Gasteiger partial charge is 0.507 e. The standard InChI is InChI=1S/C15H12FN3O2/c16-11-4-3-10(14(20)8-11)9-18-15-12(2-1-6-17-15)13-5-7-21-19-13/h1-8,20H,9H2,(H,17,18). The Morgan fingerprint density at radius 2 is 2.14 bits per heavy atom. The van der Waals surface area contributed by atoms with Crippen LogP contribution in [0.5, 0.6) is 5.75 Å². The first-order valence-corrected chi connectivity index (χ1v) is 6.31. The van der Waals surface area contributed by atoms with Crippen LogP contribution < -0.4 is 5.32 Å². The van der Waals surface area contributed by atoms with Gasteiger partial charge < -0.3 is 14.9 Å². The third kappa shape index (κ3) is 2.84. The number of hydrogen-bond donors (Lipinski definition) is 2. The highest BCUT2D eigenvalue weighted by atomic mass is 19.1. The van der Waals surface area contributed by atoms with Crippen LogP contribution >= 0.6 is 0 Å². The van der Waals surface area contributed by atoms with Gasteiger partial charge in [-0.15, -0.1) is 0 Å². The van der Waals surface area contributed by atoms with Crippen molar-refractivity contribution >= 4 is 5.82 Å². The Balaban J connectivity index is 1.83. The third-order valence-corrected chi connectivity index (χ3v) is 3.02. The Kier molecular flexibility index (Phi) is 3.51. The normalized spacial score (nSPS) is 10.5. The third-order valence-electron chi connectivity index (χ3n) is 3.02. The van der Waals surface area contributed by atoms with Crippen LogP contribution in [0, 0.1) is 5.82 Å². The quantitative estimate of drug-likeness (QED) is 0.770. The lowest BCUT2D eigenvalue weighted by Crippen LogP contribution is -2.03. The average molecular weight is 285 g/mol. The number of benzene rings is 1. The van der Waals surface area contributed by atoms with Crippen LogP contribution in [0.25, 0.3) is 11.3 Å². The van der Waals surface area contributed by atoms with Crippen LogP contribution in [0.15, 0.2) is 53.4 Å². The van der Waals surface area contributed by atoms with Crippen LogP contribution in [0.3, 0.4) is 0 Å². The minimum absolute atomic E-state index is 0.0959. The summed E-state index contributed by atoms with van der Waals surface area (Å²) in [6, 6.07) is 9.29. The molecule has 0 aliphatic carbocycles. The van der Waals surface area contributed by atoms with Crippen LogP contribution in [0.1, 0.15) is 5.56 Å². The Hall–Kier alpha value is -2.89. The highest BCUT2D eigenvalue weighted by molar-refractivity contribution is 5.71. The molecule has 5 nitrogen and oxygen atoms in total. The van der Waals surface area contributed by atoms with E-state index in [1.165, 1.54) is 18.4 Å². The zero-order valence-electron chi connectivity index (χ0n) is 11.0.